The molecule has 1 N–H and O–H groups in total. The van der Waals surface area contributed by atoms with Crippen molar-refractivity contribution >= 4 is 23.2 Å². The summed E-state index contributed by atoms with van der Waals surface area (Å²) in [5.41, 5.74) is -0.869. The van der Waals surface area contributed by atoms with Crippen LogP contribution in [-0.4, -0.2) is 16.4 Å². The quantitative estimate of drug-likeness (QED) is 0.684. The first-order chi connectivity index (χ1) is 9.47. The summed E-state index contributed by atoms with van der Waals surface area (Å²) in [5.74, 6) is -0.440. The van der Waals surface area contributed by atoms with Crippen molar-refractivity contribution in [2.24, 2.45) is 0 Å². The SMILES string of the molecule is N#CC1(NC(=O)c2ccc([N+](=O)[O-])c(Cl)c2)CCCC1. The Labute approximate surface area is 120 Å². The van der Waals surface area contributed by atoms with E-state index in [1.807, 2.05) is 0 Å². The molecule has 6 nitrogen and oxygen atoms in total. The minimum atomic E-state index is -0.828. The van der Waals surface area contributed by atoms with Crippen LogP contribution in [0.15, 0.2) is 18.2 Å². The van der Waals surface area contributed by atoms with Crippen molar-refractivity contribution in [1.82, 2.24) is 5.32 Å². The van der Waals surface area contributed by atoms with Gasteiger partial charge in [-0.1, -0.05) is 11.6 Å². The van der Waals surface area contributed by atoms with E-state index in [2.05, 4.69) is 11.4 Å². The van der Waals surface area contributed by atoms with E-state index in [0.29, 0.717) is 12.8 Å². The Morgan fingerprint density at radius 1 is 1.45 bits per heavy atom. The van der Waals surface area contributed by atoms with Crippen LogP contribution in [0, 0.1) is 21.4 Å². The highest BCUT2D eigenvalue weighted by Crippen LogP contribution is 2.30. The maximum atomic E-state index is 12.1. The fourth-order valence-electron chi connectivity index (χ4n) is 2.33. The molecule has 1 aromatic carbocycles. The van der Waals surface area contributed by atoms with Gasteiger partial charge in [0.05, 0.1) is 11.0 Å². The number of amides is 1. The third-order valence-electron chi connectivity index (χ3n) is 3.43. The predicted molar refractivity (Wildman–Crippen MR) is 72.4 cm³/mol. The molecule has 104 valence electrons. The van der Waals surface area contributed by atoms with E-state index in [-0.39, 0.29) is 16.3 Å². The maximum Gasteiger partial charge on any atom is 0.287 e. The zero-order chi connectivity index (χ0) is 14.8. The molecular formula is C13H12ClN3O3. The van der Waals surface area contributed by atoms with Gasteiger partial charge in [-0.25, -0.2) is 0 Å². The molecule has 0 aliphatic heterocycles. The molecule has 0 unspecified atom stereocenters. The van der Waals surface area contributed by atoms with Gasteiger partial charge in [-0.15, -0.1) is 0 Å². The molecule has 0 aromatic heterocycles. The molecule has 2 rings (SSSR count). The van der Waals surface area contributed by atoms with Crippen molar-refractivity contribution < 1.29 is 9.72 Å². The molecule has 0 spiro atoms. The number of carbonyl (C=O) groups is 1. The average molecular weight is 294 g/mol. The number of nitriles is 1. The maximum absolute atomic E-state index is 12.1. The summed E-state index contributed by atoms with van der Waals surface area (Å²) in [6, 6.07) is 5.91. The number of carbonyl (C=O) groups excluding carboxylic acids is 1. The van der Waals surface area contributed by atoms with Gasteiger partial charge in [0.2, 0.25) is 0 Å². The standard InChI is InChI=1S/C13H12ClN3O3/c14-10-7-9(3-4-11(10)17(19)20)12(18)16-13(8-15)5-1-2-6-13/h3-4,7H,1-2,5-6H2,(H,16,18). The number of halogens is 1. The molecule has 1 aliphatic carbocycles. The smallest absolute Gasteiger partial charge is 0.287 e. The molecule has 1 aliphatic rings. The van der Waals surface area contributed by atoms with Crippen molar-refractivity contribution in [3.8, 4) is 6.07 Å². The molecule has 1 saturated carbocycles. The van der Waals surface area contributed by atoms with Crippen LogP contribution in [0.4, 0.5) is 5.69 Å². The molecule has 0 radical (unpaired) electrons. The van der Waals surface area contributed by atoms with Gasteiger partial charge in [0, 0.05) is 11.6 Å². The van der Waals surface area contributed by atoms with E-state index < -0.39 is 16.4 Å². The summed E-state index contributed by atoms with van der Waals surface area (Å²) in [7, 11) is 0. The Morgan fingerprint density at radius 2 is 2.10 bits per heavy atom. The van der Waals surface area contributed by atoms with Crippen molar-refractivity contribution in [3.05, 3.63) is 38.9 Å². The number of rotatable bonds is 3. The van der Waals surface area contributed by atoms with Gasteiger partial charge in [0.25, 0.3) is 11.6 Å². The van der Waals surface area contributed by atoms with Crippen molar-refractivity contribution in [2.45, 2.75) is 31.2 Å². The monoisotopic (exact) mass is 293 g/mol. The number of hydrogen-bond donors (Lipinski definition) is 1. The first-order valence-corrected chi connectivity index (χ1v) is 6.53. The zero-order valence-corrected chi connectivity index (χ0v) is 11.3. The minimum Gasteiger partial charge on any atom is -0.334 e. The van der Waals surface area contributed by atoms with Crippen LogP contribution < -0.4 is 5.32 Å². The van der Waals surface area contributed by atoms with Gasteiger partial charge in [-0.2, -0.15) is 5.26 Å². The minimum absolute atomic E-state index is 0.0971. The number of nitrogens with one attached hydrogen (secondary N) is 1. The average Bonchev–Trinajstić information content (AvgIpc) is 2.87. The van der Waals surface area contributed by atoms with Gasteiger partial charge < -0.3 is 5.32 Å². The Hall–Kier alpha value is -2.13. The van der Waals surface area contributed by atoms with Crippen LogP contribution in [0.5, 0.6) is 0 Å². The summed E-state index contributed by atoms with van der Waals surface area (Å²) >= 11 is 5.77. The molecular weight excluding hydrogens is 282 g/mol. The number of nitro benzene ring substituents is 1. The predicted octanol–water partition coefficient (Wildman–Crippen LogP) is 2.81. The topological polar surface area (TPSA) is 96.0 Å². The molecule has 1 amide bonds. The molecule has 7 heteroatoms. The van der Waals surface area contributed by atoms with Gasteiger partial charge in [0.15, 0.2) is 0 Å². The first kappa shape index (κ1) is 14.3. The van der Waals surface area contributed by atoms with Crippen LogP contribution in [0.25, 0.3) is 0 Å². The van der Waals surface area contributed by atoms with Gasteiger partial charge in [-0.3, -0.25) is 14.9 Å². The van der Waals surface area contributed by atoms with Gasteiger partial charge in [0.1, 0.15) is 10.6 Å². The van der Waals surface area contributed by atoms with Gasteiger partial charge in [-0.05, 0) is 37.8 Å². The highest BCUT2D eigenvalue weighted by atomic mass is 35.5. The first-order valence-electron chi connectivity index (χ1n) is 6.15. The van der Waals surface area contributed by atoms with Crippen molar-refractivity contribution in [2.75, 3.05) is 0 Å². The van der Waals surface area contributed by atoms with E-state index in [4.69, 9.17) is 11.6 Å². The Kier molecular flexibility index (Phi) is 3.91. The number of hydrogen-bond acceptors (Lipinski definition) is 4. The van der Waals surface area contributed by atoms with Crippen LogP contribution in [-0.2, 0) is 0 Å². The second-order valence-electron chi connectivity index (χ2n) is 4.78. The van der Waals surface area contributed by atoms with E-state index in [1.54, 1.807) is 0 Å². The fraction of sp³-hybridized carbons (Fsp3) is 0.385. The zero-order valence-electron chi connectivity index (χ0n) is 10.6. The highest BCUT2D eigenvalue weighted by Gasteiger charge is 2.35. The number of nitro groups is 1. The lowest BCUT2D eigenvalue weighted by Gasteiger charge is -2.21. The summed E-state index contributed by atoms with van der Waals surface area (Å²) < 4.78 is 0. The second-order valence-corrected chi connectivity index (χ2v) is 5.19. The lowest BCUT2D eigenvalue weighted by Crippen LogP contribution is -2.45. The summed E-state index contributed by atoms with van der Waals surface area (Å²) in [6.07, 6.45) is 3.04. The van der Waals surface area contributed by atoms with Crippen molar-refractivity contribution in [1.29, 1.82) is 5.26 Å². The fourth-order valence-corrected chi connectivity index (χ4v) is 2.58. The summed E-state index contributed by atoms with van der Waals surface area (Å²) in [5, 5.41) is 22.5. The number of nitrogens with zero attached hydrogens (tertiary/aromatic N) is 2. The number of benzene rings is 1. The van der Waals surface area contributed by atoms with E-state index in [0.717, 1.165) is 12.8 Å². The molecule has 20 heavy (non-hydrogen) atoms. The van der Waals surface area contributed by atoms with E-state index in [9.17, 15) is 20.2 Å². The second kappa shape index (κ2) is 5.47. The lowest BCUT2D eigenvalue weighted by molar-refractivity contribution is -0.384. The summed E-state index contributed by atoms with van der Waals surface area (Å²) in [4.78, 5) is 22.2. The van der Waals surface area contributed by atoms with E-state index in [1.165, 1.54) is 18.2 Å². The molecule has 1 aromatic rings. The van der Waals surface area contributed by atoms with Crippen LogP contribution in [0.2, 0.25) is 5.02 Å². The Morgan fingerprint density at radius 3 is 2.60 bits per heavy atom. The normalized spacial score (nSPS) is 16.4. The molecule has 0 saturated heterocycles. The molecule has 0 heterocycles. The Bertz CT molecular complexity index is 603. The van der Waals surface area contributed by atoms with Crippen molar-refractivity contribution in [3.63, 3.8) is 0 Å². The van der Waals surface area contributed by atoms with Crippen LogP contribution in [0.3, 0.4) is 0 Å². The summed E-state index contributed by atoms with van der Waals surface area (Å²) in [6.45, 7) is 0. The van der Waals surface area contributed by atoms with Crippen LogP contribution >= 0.6 is 11.6 Å². The highest BCUT2D eigenvalue weighted by molar-refractivity contribution is 6.33. The Balaban J connectivity index is 2.20. The van der Waals surface area contributed by atoms with Crippen LogP contribution in [0.1, 0.15) is 36.0 Å². The van der Waals surface area contributed by atoms with E-state index >= 15 is 0 Å². The third-order valence-corrected chi connectivity index (χ3v) is 3.73. The molecule has 0 atom stereocenters. The lowest BCUT2D eigenvalue weighted by atomic mass is 9.99. The third kappa shape index (κ3) is 2.73. The van der Waals surface area contributed by atoms with Gasteiger partial charge >= 0.3 is 0 Å². The largest absolute Gasteiger partial charge is 0.334 e. The molecule has 1 fully saturated rings. The molecule has 0 bridgehead atoms.